The van der Waals surface area contributed by atoms with E-state index in [1.54, 1.807) is 0 Å². The molecule has 0 saturated carbocycles. The third-order valence-electron chi connectivity index (χ3n) is 3.04. The lowest BCUT2D eigenvalue weighted by Crippen LogP contribution is -2.33. The Kier molecular flexibility index (Phi) is 4.45. The van der Waals surface area contributed by atoms with Crippen LogP contribution in [0.1, 0.15) is 27.8 Å². The summed E-state index contributed by atoms with van der Waals surface area (Å²) in [5.41, 5.74) is -1.12. The number of aliphatic hydroxyl groups excluding tert-OH is 1. The zero-order chi connectivity index (χ0) is 16.3. The highest BCUT2D eigenvalue weighted by Crippen LogP contribution is 2.34. The lowest BCUT2D eigenvalue weighted by molar-refractivity contribution is -0.138. The van der Waals surface area contributed by atoms with E-state index in [2.05, 4.69) is 15.4 Å². The van der Waals surface area contributed by atoms with Gasteiger partial charge in [-0.05, 0) is 11.6 Å². The van der Waals surface area contributed by atoms with E-state index in [4.69, 9.17) is 0 Å². The van der Waals surface area contributed by atoms with Crippen LogP contribution in [0.3, 0.4) is 0 Å². The van der Waals surface area contributed by atoms with Gasteiger partial charge in [0.2, 0.25) is 5.82 Å². The van der Waals surface area contributed by atoms with Crippen molar-refractivity contribution in [2.75, 3.05) is 6.61 Å². The first-order valence-corrected chi connectivity index (χ1v) is 6.26. The van der Waals surface area contributed by atoms with Crippen molar-refractivity contribution in [3.05, 3.63) is 47.5 Å². The molecule has 6 nitrogen and oxygen atoms in total. The third kappa shape index (κ3) is 3.25. The molecular formula is C13H13F3N4O2. The summed E-state index contributed by atoms with van der Waals surface area (Å²) >= 11 is 0. The maximum Gasteiger partial charge on any atom is 0.416 e. The Labute approximate surface area is 123 Å². The van der Waals surface area contributed by atoms with Gasteiger partial charge in [0.1, 0.15) is 6.33 Å². The summed E-state index contributed by atoms with van der Waals surface area (Å²) in [5.74, 6) is -0.793. The molecule has 0 radical (unpaired) electrons. The molecule has 0 aliphatic heterocycles. The number of alkyl halides is 3. The van der Waals surface area contributed by atoms with Crippen LogP contribution in [0.5, 0.6) is 0 Å². The van der Waals surface area contributed by atoms with Gasteiger partial charge in [-0.25, -0.2) is 9.67 Å². The Morgan fingerprint density at radius 2 is 2.09 bits per heavy atom. The molecule has 118 valence electrons. The molecule has 1 amide bonds. The number of benzene rings is 1. The SMILES string of the molecule is Cn1ncnc1C(=O)NC(CO)c1ccccc1C(F)(F)F. The Morgan fingerprint density at radius 1 is 1.41 bits per heavy atom. The Balaban J connectivity index is 2.30. The molecular weight excluding hydrogens is 301 g/mol. The fraction of sp³-hybridized carbons (Fsp3) is 0.308. The number of rotatable bonds is 4. The van der Waals surface area contributed by atoms with E-state index >= 15 is 0 Å². The number of aryl methyl sites for hydroxylation is 1. The van der Waals surface area contributed by atoms with Crippen molar-refractivity contribution in [3.63, 3.8) is 0 Å². The maximum atomic E-state index is 13.0. The van der Waals surface area contributed by atoms with E-state index in [1.165, 1.54) is 29.9 Å². The first kappa shape index (κ1) is 16.0. The molecule has 1 aromatic heterocycles. The van der Waals surface area contributed by atoms with Gasteiger partial charge in [0.05, 0.1) is 18.2 Å². The monoisotopic (exact) mass is 314 g/mol. The minimum absolute atomic E-state index is 0.0667. The zero-order valence-corrected chi connectivity index (χ0v) is 11.5. The fourth-order valence-electron chi connectivity index (χ4n) is 2.01. The highest BCUT2D eigenvalue weighted by atomic mass is 19.4. The van der Waals surface area contributed by atoms with Gasteiger partial charge in [0.25, 0.3) is 5.91 Å². The number of amides is 1. The molecule has 9 heteroatoms. The minimum Gasteiger partial charge on any atom is -0.394 e. The number of hydrogen-bond donors (Lipinski definition) is 2. The molecule has 1 aromatic carbocycles. The summed E-state index contributed by atoms with van der Waals surface area (Å²) in [5, 5.41) is 15.4. The second-order valence-electron chi connectivity index (χ2n) is 4.50. The van der Waals surface area contributed by atoms with Crippen molar-refractivity contribution in [1.82, 2.24) is 20.1 Å². The highest BCUT2D eigenvalue weighted by Gasteiger charge is 2.35. The van der Waals surface area contributed by atoms with E-state index in [-0.39, 0.29) is 11.4 Å². The van der Waals surface area contributed by atoms with Crippen LogP contribution in [-0.4, -0.2) is 32.4 Å². The molecule has 0 aliphatic rings. The first-order valence-electron chi connectivity index (χ1n) is 6.26. The standard InChI is InChI=1S/C13H13F3N4O2/c1-20-11(17-7-18-20)12(22)19-10(6-21)8-4-2-3-5-9(8)13(14,15)16/h2-5,7,10,21H,6H2,1H3,(H,19,22). The number of carbonyl (C=O) groups is 1. The van der Waals surface area contributed by atoms with E-state index in [1.807, 2.05) is 0 Å². The van der Waals surface area contributed by atoms with Crippen LogP contribution < -0.4 is 5.32 Å². The van der Waals surface area contributed by atoms with Gasteiger partial charge in [-0.2, -0.15) is 18.3 Å². The summed E-state index contributed by atoms with van der Waals surface area (Å²) in [4.78, 5) is 15.7. The van der Waals surface area contributed by atoms with Crippen molar-refractivity contribution in [3.8, 4) is 0 Å². The molecule has 2 N–H and O–H groups in total. The zero-order valence-electron chi connectivity index (χ0n) is 11.5. The van der Waals surface area contributed by atoms with Crippen LogP contribution in [0.15, 0.2) is 30.6 Å². The average Bonchev–Trinajstić information content (AvgIpc) is 2.90. The lowest BCUT2D eigenvalue weighted by Gasteiger charge is -2.20. The number of halogens is 3. The molecule has 2 rings (SSSR count). The smallest absolute Gasteiger partial charge is 0.394 e. The predicted octanol–water partition coefficient (Wildman–Crippen LogP) is 1.30. The van der Waals surface area contributed by atoms with Crippen LogP contribution >= 0.6 is 0 Å². The van der Waals surface area contributed by atoms with E-state index in [0.29, 0.717) is 0 Å². The van der Waals surface area contributed by atoms with Gasteiger partial charge in [0.15, 0.2) is 0 Å². The van der Waals surface area contributed by atoms with Crippen molar-refractivity contribution < 1.29 is 23.1 Å². The molecule has 0 aliphatic carbocycles. The van der Waals surface area contributed by atoms with Gasteiger partial charge in [-0.15, -0.1) is 0 Å². The molecule has 22 heavy (non-hydrogen) atoms. The van der Waals surface area contributed by atoms with Gasteiger partial charge in [-0.3, -0.25) is 4.79 Å². The Hall–Kier alpha value is -2.42. The van der Waals surface area contributed by atoms with E-state index in [9.17, 15) is 23.1 Å². The number of nitrogens with one attached hydrogen (secondary N) is 1. The number of aromatic nitrogens is 3. The average molecular weight is 314 g/mol. The summed E-state index contributed by atoms with van der Waals surface area (Å²) in [6, 6.07) is 3.54. The summed E-state index contributed by atoms with van der Waals surface area (Å²) in [6.07, 6.45) is -3.44. The van der Waals surface area contributed by atoms with Crippen molar-refractivity contribution in [2.45, 2.75) is 12.2 Å². The highest BCUT2D eigenvalue weighted by molar-refractivity contribution is 5.90. The number of carbonyl (C=O) groups excluding carboxylic acids is 1. The van der Waals surface area contributed by atoms with Crippen LogP contribution in [0, 0.1) is 0 Å². The van der Waals surface area contributed by atoms with Gasteiger partial charge in [0, 0.05) is 7.05 Å². The van der Waals surface area contributed by atoms with Crippen LogP contribution in [0.25, 0.3) is 0 Å². The van der Waals surface area contributed by atoms with Crippen molar-refractivity contribution in [2.24, 2.45) is 7.05 Å². The molecule has 1 heterocycles. The van der Waals surface area contributed by atoms with Gasteiger partial charge in [-0.1, -0.05) is 18.2 Å². The number of hydrogen-bond acceptors (Lipinski definition) is 4. The topological polar surface area (TPSA) is 80.0 Å². The molecule has 0 saturated heterocycles. The van der Waals surface area contributed by atoms with Gasteiger partial charge < -0.3 is 10.4 Å². The van der Waals surface area contributed by atoms with Crippen molar-refractivity contribution in [1.29, 1.82) is 0 Å². The summed E-state index contributed by atoms with van der Waals surface area (Å²) in [6.45, 7) is -0.684. The molecule has 0 bridgehead atoms. The second kappa shape index (κ2) is 6.14. The van der Waals surface area contributed by atoms with E-state index < -0.39 is 30.3 Å². The fourth-order valence-corrected chi connectivity index (χ4v) is 2.01. The van der Waals surface area contributed by atoms with Crippen LogP contribution in [-0.2, 0) is 13.2 Å². The number of aliphatic hydroxyl groups is 1. The lowest BCUT2D eigenvalue weighted by atomic mass is 10.00. The number of nitrogens with zero attached hydrogens (tertiary/aromatic N) is 3. The molecule has 0 fully saturated rings. The third-order valence-corrected chi connectivity index (χ3v) is 3.04. The maximum absolute atomic E-state index is 13.0. The Bertz CT molecular complexity index is 669. The van der Waals surface area contributed by atoms with E-state index in [0.717, 1.165) is 12.4 Å². The Morgan fingerprint density at radius 3 is 2.64 bits per heavy atom. The normalized spacial score (nSPS) is 13.0. The quantitative estimate of drug-likeness (QED) is 0.891. The van der Waals surface area contributed by atoms with Crippen LogP contribution in [0.4, 0.5) is 13.2 Å². The molecule has 1 atom stereocenters. The molecule has 0 spiro atoms. The largest absolute Gasteiger partial charge is 0.416 e. The molecule has 2 aromatic rings. The summed E-state index contributed by atoms with van der Waals surface area (Å²) < 4.78 is 40.2. The van der Waals surface area contributed by atoms with Crippen molar-refractivity contribution >= 4 is 5.91 Å². The summed E-state index contributed by atoms with van der Waals surface area (Å²) in [7, 11) is 1.47. The van der Waals surface area contributed by atoms with Crippen LogP contribution in [0.2, 0.25) is 0 Å². The first-order chi connectivity index (χ1) is 10.3. The van der Waals surface area contributed by atoms with Gasteiger partial charge >= 0.3 is 6.18 Å². The second-order valence-corrected chi connectivity index (χ2v) is 4.50. The molecule has 1 unspecified atom stereocenters. The minimum atomic E-state index is -4.58. The predicted molar refractivity (Wildman–Crippen MR) is 69.7 cm³/mol.